The first-order valence-corrected chi connectivity index (χ1v) is 7.61. The molecule has 0 radical (unpaired) electrons. The van der Waals surface area contributed by atoms with Crippen LogP contribution in [0.25, 0.3) is 0 Å². The molecule has 20 heavy (non-hydrogen) atoms. The summed E-state index contributed by atoms with van der Waals surface area (Å²) in [6.45, 7) is 5.19. The molecule has 0 saturated carbocycles. The van der Waals surface area contributed by atoms with E-state index >= 15 is 0 Å². The Bertz CT molecular complexity index is 431. The van der Waals surface area contributed by atoms with E-state index in [9.17, 15) is 4.79 Å². The Morgan fingerprint density at radius 1 is 1.30 bits per heavy atom. The maximum Gasteiger partial charge on any atom is 0.236 e. The summed E-state index contributed by atoms with van der Waals surface area (Å²) in [5.74, 6) is 0.0922. The summed E-state index contributed by atoms with van der Waals surface area (Å²) in [6, 6.07) is 8.11. The van der Waals surface area contributed by atoms with Gasteiger partial charge in [0.25, 0.3) is 0 Å². The minimum Gasteiger partial charge on any atom is -0.348 e. The summed E-state index contributed by atoms with van der Waals surface area (Å²) in [5, 5.41) is 0. The molecule has 1 aromatic carbocycles. The van der Waals surface area contributed by atoms with Crippen LogP contribution in [0.3, 0.4) is 0 Å². The second-order valence-corrected chi connectivity index (χ2v) is 6.12. The molecule has 0 saturated heterocycles. The number of nitrogens with zero attached hydrogens (tertiary/aromatic N) is 2. The fourth-order valence-corrected chi connectivity index (χ4v) is 2.49. The first kappa shape index (κ1) is 17.1. The summed E-state index contributed by atoms with van der Waals surface area (Å²) >= 11 is 3.44. The fraction of sp³-hybridized carbons (Fsp3) is 0.533. The molecule has 5 heteroatoms. The summed E-state index contributed by atoms with van der Waals surface area (Å²) < 4.78 is 1.04. The van der Waals surface area contributed by atoms with Gasteiger partial charge in [0.1, 0.15) is 0 Å². The van der Waals surface area contributed by atoms with E-state index in [1.54, 1.807) is 19.0 Å². The molecule has 0 aromatic heterocycles. The van der Waals surface area contributed by atoms with Crippen LogP contribution in [0, 0.1) is 0 Å². The maximum atomic E-state index is 12.0. The van der Waals surface area contributed by atoms with E-state index in [0.29, 0.717) is 6.54 Å². The summed E-state index contributed by atoms with van der Waals surface area (Å²) in [7, 11) is 3.55. The number of carbonyl (C=O) groups is 1. The number of benzene rings is 1. The first-order chi connectivity index (χ1) is 9.36. The van der Waals surface area contributed by atoms with E-state index < -0.39 is 0 Å². The lowest BCUT2D eigenvalue weighted by atomic mass is 9.99. The number of hydrogen-bond acceptors (Lipinski definition) is 3. The normalized spacial score (nSPS) is 14.2. The Morgan fingerprint density at radius 3 is 2.25 bits per heavy atom. The molecule has 0 spiro atoms. The monoisotopic (exact) mass is 341 g/mol. The Morgan fingerprint density at radius 2 is 1.85 bits per heavy atom. The van der Waals surface area contributed by atoms with Crippen LogP contribution in [0.4, 0.5) is 0 Å². The summed E-state index contributed by atoms with van der Waals surface area (Å²) in [4.78, 5) is 15.7. The van der Waals surface area contributed by atoms with Crippen molar-refractivity contribution in [1.29, 1.82) is 0 Å². The third-order valence-corrected chi connectivity index (χ3v) is 3.87. The number of hydrogen-bond donors (Lipinski definition) is 1. The molecule has 1 rings (SSSR count). The van der Waals surface area contributed by atoms with Crippen LogP contribution in [-0.4, -0.2) is 48.9 Å². The van der Waals surface area contributed by atoms with Crippen LogP contribution in [0.1, 0.15) is 25.5 Å². The second kappa shape index (κ2) is 7.76. The number of rotatable bonds is 6. The Kier molecular flexibility index (Phi) is 6.65. The van der Waals surface area contributed by atoms with E-state index in [-0.39, 0.29) is 18.0 Å². The molecule has 0 heterocycles. The number of likely N-dealkylation sites (N-methyl/N-ethyl adjacent to an activating group) is 2. The predicted octanol–water partition coefficient (Wildman–Crippen LogP) is 2.25. The second-order valence-electron chi connectivity index (χ2n) is 5.21. The molecule has 0 aliphatic heterocycles. The number of nitrogens with two attached hydrogens (primary N) is 1. The third kappa shape index (κ3) is 4.58. The summed E-state index contributed by atoms with van der Waals surface area (Å²) in [5.41, 5.74) is 7.29. The average molecular weight is 342 g/mol. The lowest BCUT2D eigenvalue weighted by molar-refractivity contribution is -0.130. The van der Waals surface area contributed by atoms with Crippen molar-refractivity contribution in [2.24, 2.45) is 5.73 Å². The van der Waals surface area contributed by atoms with Gasteiger partial charge in [-0.05, 0) is 31.2 Å². The van der Waals surface area contributed by atoms with Crippen LogP contribution in [-0.2, 0) is 4.79 Å². The lowest BCUT2D eigenvalue weighted by Crippen LogP contribution is -2.44. The van der Waals surface area contributed by atoms with Crippen molar-refractivity contribution in [2.45, 2.75) is 25.9 Å². The number of amides is 1. The molecule has 0 aliphatic carbocycles. The van der Waals surface area contributed by atoms with Crippen LogP contribution in [0.15, 0.2) is 28.7 Å². The summed E-state index contributed by atoms with van der Waals surface area (Å²) in [6.07, 6.45) is 0. The van der Waals surface area contributed by atoms with Gasteiger partial charge in [-0.3, -0.25) is 9.69 Å². The predicted molar refractivity (Wildman–Crippen MR) is 86.5 cm³/mol. The van der Waals surface area contributed by atoms with Crippen LogP contribution < -0.4 is 5.73 Å². The van der Waals surface area contributed by atoms with Crippen LogP contribution in [0.5, 0.6) is 0 Å². The molecular weight excluding hydrogens is 318 g/mol. The zero-order valence-electron chi connectivity index (χ0n) is 12.6. The van der Waals surface area contributed by atoms with Gasteiger partial charge in [0.2, 0.25) is 5.91 Å². The molecule has 1 amide bonds. The highest BCUT2D eigenvalue weighted by atomic mass is 79.9. The van der Waals surface area contributed by atoms with Gasteiger partial charge in [0.15, 0.2) is 0 Å². The van der Waals surface area contributed by atoms with Crippen molar-refractivity contribution in [1.82, 2.24) is 9.80 Å². The van der Waals surface area contributed by atoms with E-state index in [2.05, 4.69) is 39.9 Å². The molecule has 1 aromatic rings. The van der Waals surface area contributed by atoms with E-state index in [4.69, 9.17) is 5.73 Å². The van der Waals surface area contributed by atoms with E-state index in [1.165, 1.54) is 0 Å². The molecule has 2 N–H and O–H groups in total. The van der Waals surface area contributed by atoms with Crippen molar-refractivity contribution in [3.8, 4) is 0 Å². The average Bonchev–Trinajstić information content (AvgIpc) is 2.39. The van der Waals surface area contributed by atoms with Crippen molar-refractivity contribution in [2.75, 3.05) is 27.2 Å². The van der Waals surface area contributed by atoms with Gasteiger partial charge >= 0.3 is 0 Å². The molecule has 2 atom stereocenters. The Balaban J connectivity index is 2.98. The topological polar surface area (TPSA) is 49.6 Å². The smallest absolute Gasteiger partial charge is 0.236 e. The molecule has 0 bridgehead atoms. The molecule has 0 fully saturated rings. The van der Waals surface area contributed by atoms with E-state index in [1.807, 2.05) is 19.1 Å². The molecule has 0 aliphatic rings. The fourth-order valence-electron chi connectivity index (χ4n) is 2.23. The van der Waals surface area contributed by atoms with Gasteiger partial charge in [-0.1, -0.05) is 35.0 Å². The number of carbonyl (C=O) groups excluding carboxylic acids is 1. The standard InChI is InChI=1S/C15H24BrN3O/c1-5-19(10-14(20)18(3)4)15(11(2)17)12-6-8-13(16)9-7-12/h6-9,11,15H,5,10,17H2,1-4H3. The zero-order chi connectivity index (χ0) is 15.3. The SMILES string of the molecule is CCN(CC(=O)N(C)C)C(c1ccc(Br)cc1)C(C)N. The van der Waals surface area contributed by atoms with Gasteiger partial charge in [-0.2, -0.15) is 0 Å². The Labute approximate surface area is 130 Å². The quantitative estimate of drug-likeness (QED) is 0.863. The van der Waals surface area contributed by atoms with Crippen LogP contribution >= 0.6 is 15.9 Å². The highest BCUT2D eigenvalue weighted by molar-refractivity contribution is 9.10. The van der Waals surface area contributed by atoms with E-state index in [0.717, 1.165) is 16.6 Å². The van der Waals surface area contributed by atoms with Gasteiger partial charge in [0.05, 0.1) is 12.6 Å². The minimum absolute atomic E-state index is 0.0389. The third-order valence-electron chi connectivity index (χ3n) is 3.35. The highest BCUT2D eigenvalue weighted by Crippen LogP contribution is 2.25. The lowest BCUT2D eigenvalue weighted by Gasteiger charge is -2.34. The molecular formula is C15H24BrN3O. The van der Waals surface area contributed by atoms with Gasteiger partial charge in [0, 0.05) is 24.6 Å². The molecule has 2 unspecified atom stereocenters. The Hall–Kier alpha value is -0.910. The molecule has 112 valence electrons. The number of halogens is 1. The van der Waals surface area contributed by atoms with Crippen molar-refractivity contribution >= 4 is 21.8 Å². The largest absolute Gasteiger partial charge is 0.348 e. The molecule has 4 nitrogen and oxygen atoms in total. The minimum atomic E-state index is -0.0499. The van der Waals surface area contributed by atoms with Gasteiger partial charge < -0.3 is 10.6 Å². The maximum absolute atomic E-state index is 12.0. The van der Waals surface area contributed by atoms with Gasteiger partial charge in [-0.15, -0.1) is 0 Å². The first-order valence-electron chi connectivity index (χ1n) is 6.82. The van der Waals surface area contributed by atoms with Crippen molar-refractivity contribution in [3.63, 3.8) is 0 Å². The van der Waals surface area contributed by atoms with Crippen molar-refractivity contribution < 1.29 is 4.79 Å². The zero-order valence-corrected chi connectivity index (χ0v) is 14.2. The highest BCUT2D eigenvalue weighted by Gasteiger charge is 2.25. The van der Waals surface area contributed by atoms with Crippen molar-refractivity contribution in [3.05, 3.63) is 34.3 Å². The van der Waals surface area contributed by atoms with Crippen LogP contribution in [0.2, 0.25) is 0 Å². The van der Waals surface area contributed by atoms with Gasteiger partial charge in [-0.25, -0.2) is 0 Å².